The van der Waals surface area contributed by atoms with Gasteiger partial charge in [0.15, 0.2) is 0 Å². The molecule has 0 unspecified atom stereocenters. The van der Waals surface area contributed by atoms with E-state index in [2.05, 4.69) is 21.1 Å². The molecule has 2 rings (SSSR count). The van der Waals surface area contributed by atoms with E-state index in [1.807, 2.05) is 19.1 Å². The molecule has 0 saturated heterocycles. The molecule has 0 atom stereocenters. The molecule has 1 aliphatic heterocycles. The number of anilines is 1. The van der Waals surface area contributed by atoms with Gasteiger partial charge in [0.05, 0.1) is 5.69 Å². The molecule has 9 nitrogen and oxygen atoms in total. The summed E-state index contributed by atoms with van der Waals surface area (Å²) in [6.45, 7) is 7.51. The summed E-state index contributed by atoms with van der Waals surface area (Å²) >= 11 is 0. The van der Waals surface area contributed by atoms with Crippen molar-refractivity contribution in [2.45, 2.75) is 33.3 Å². The number of hydrogen-bond acceptors (Lipinski definition) is 6. The fourth-order valence-electron chi connectivity index (χ4n) is 2.18. The smallest absolute Gasteiger partial charge is 0.407 e. The van der Waals surface area contributed by atoms with Crippen LogP contribution in [0.1, 0.15) is 26.3 Å². The topological polar surface area (TPSA) is 112 Å². The number of carbonyl (C=O) groups excluding carboxylic acids is 3. The highest BCUT2D eigenvalue weighted by Gasteiger charge is 2.25. The number of amides is 3. The average Bonchev–Trinajstić information content (AvgIpc) is 2.58. The van der Waals surface area contributed by atoms with Gasteiger partial charge in [-0.25, -0.2) is 9.80 Å². The number of ether oxygens (including phenoxy) is 1. The Bertz CT molecular complexity index is 737. The van der Waals surface area contributed by atoms with Gasteiger partial charge in [-0.3, -0.25) is 20.0 Å². The summed E-state index contributed by atoms with van der Waals surface area (Å²) in [5.74, 6) is -0.694. The number of nitrogens with one attached hydrogen (secondary N) is 3. The van der Waals surface area contributed by atoms with Gasteiger partial charge in [-0.05, 0) is 39.8 Å². The Balaban J connectivity index is 1.83. The molecule has 3 N–H and O–H groups in total. The second kappa shape index (κ2) is 8.52. The third kappa shape index (κ3) is 6.28. The first kappa shape index (κ1) is 20.2. The number of aryl methyl sites for hydroxylation is 1. The normalized spacial score (nSPS) is 14.1. The Hall–Kier alpha value is -3.10. The van der Waals surface area contributed by atoms with Crippen LogP contribution in [0, 0.1) is 6.92 Å². The third-order valence-corrected chi connectivity index (χ3v) is 3.43. The molecule has 1 heterocycles. The molecule has 0 aliphatic carbocycles. The van der Waals surface area contributed by atoms with Crippen molar-refractivity contribution in [3.05, 3.63) is 29.8 Å². The summed E-state index contributed by atoms with van der Waals surface area (Å²) in [4.78, 5) is 39.8. The van der Waals surface area contributed by atoms with Crippen LogP contribution >= 0.6 is 0 Å². The van der Waals surface area contributed by atoms with E-state index < -0.39 is 17.6 Å². The lowest BCUT2D eigenvalue weighted by Gasteiger charge is -2.27. The molecule has 0 bridgehead atoms. The van der Waals surface area contributed by atoms with Crippen molar-refractivity contribution >= 4 is 29.4 Å². The van der Waals surface area contributed by atoms with E-state index in [1.54, 1.807) is 32.9 Å². The minimum absolute atomic E-state index is 0.0347. The van der Waals surface area contributed by atoms with Gasteiger partial charge in [0.1, 0.15) is 12.1 Å². The Morgan fingerprint density at radius 1 is 1.19 bits per heavy atom. The number of hydrogen-bond donors (Lipinski definition) is 3. The Morgan fingerprint density at radius 3 is 2.44 bits per heavy atom. The number of rotatable bonds is 5. The lowest BCUT2D eigenvalue weighted by atomic mass is 10.2. The predicted molar refractivity (Wildman–Crippen MR) is 101 cm³/mol. The van der Waals surface area contributed by atoms with Gasteiger partial charge in [0, 0.05) is 13.1 Å². The zero-order valence-corrected chi connectivity index (χ0v) is 16.0. The van der Waals surface area contributed by atoms with Gasteiger partial charge in [-0.1, -0.05) is 17.7 Å². The molecule has 1 aromatic rings. The highest BCUT2D eigenvalue weighted by Crippen LogP contribution is 2.15. The second-order valence-electron chi connectivity index (χ2n) is 7.03. The molecule has 0 saturated carbocycles. The zero-order chi connectivity index (χ0) is 20.0. The van der Waals surface area contributed by atoms with Gasteiger partial charge < -0.3 is 15.4 Å². The van der Waals surface area contributed by atoms with Crippen molar-refractivity contribution in [2.75, 3.05) is 24.6 Å². The van der Waals surface area contributed by atoms with Gasteiger partial charge in [0.25, 0.3) is 11.8 Å². The molecule has 146 valence electrons. The molecule has 27 heavy (non-hydrogen) atoms. The van der Waals surface area contributed by atoms with Gasteiger partial charge in [0.2, 0.25) is 5.84 Å². The van der Waals surface area contributed by atoms with Crippen molar-refractivity contribution in [1.82, 2.24) is 16.1 Å². The standard InChI is InChI=1S/C18H25N5O4/c1-12-5-7-13(8-6-12)23-14(24)11-21-15(22-23)16(25)19-9-10-20-17(26)27-18(2,3)4/h5-8H,9-11H2,1-4H3,(H,19,25)(H,20,26)(H,21,22). The van der Waals surface area contributed by atoms with Crippen molar-refractivity contribution in [3.8, 4) is 0 Å². The molecule has 0 fully saturated rings. The maximum absolute atomic E-state index is 12.2. The molecule has 9 heteroatoms. The summed E-state index contributed by atoms with van der Waals surface area (Å²) < 4.78 is 5.10. The van der Waals surface area contributed by atoms with Crippen LogP contribution in [0.4, 0.5) is 10.5 Å². The fourth-order valence-corrected chi connectivity index (χ4v) is 2.18. The van der Waals surface area contributed by atoms with Gasteiger partial charge in [-0.2, -0.15) is 0 Å². The summed E-state index contributed by atoms with van der Waals surface area (Å²) in [6.07, 6.45) is -0.555. The Morgan fingerprint density at radius 2 is 1.81 bits per heavy atom. The van der Waals surface area contributed by atoms with Crippen LogP contribution in [0.5, 0.6) is 0 Å². The quantitative estimate of drug-likeness (QED) is 0.662. The molecule has 0 spiro atoms. The van der Waals surface area contributed by atoms with Crippen LogP contribution < -0.4 is 21.1 Å². The molecule has 0 radical (unpaired) electrons. The van der Waals surface area contributed by atoms with E-state index in [0.29, 0.717) is 5.69 Å². The zero-order valence-electron chi connectivity index (χ0n) is 16.0. The van der Waals surface area contributed by atoms with Crippen LogP contribution in [-0.4, -0.2) is 49.0 Å². The molecular weight excluding hydrogens is 350 g/mol. The summed E-state index contributed by atoms with van der Waals surface area (Å²) in [5, 5.41) is 6.46. The lowest BCUT2D eigenvalue weighted by Crippen LogP contribution is -2.56. The summed E-state index contributed by atoms with van der Waals surface area (Å²) in [7, 11) is 0. The predicted octanol–water partition coefficient (Wildman–Crippen LogP) is 0.886. The van der Waals surface area contributed by atoms with E-state index in [1.165, 1.54) is 5.01 Å². The summed E-state index contributed by atoms with van der Waals surface area (Å²) in [6, 6.07) is 7.31. The first-order chi connectivity index (χ1) is 12.7. The number of hydrazine groups is 1. The lowest BCUT2D eigenvalue weighted by molar-refractivity contribution is -0.118. The minimum Gasteiger partial charge on any atom is -0.444 e. The monoisotopic (exact) mass is 375 g/mol. The van der Waals surface area contributed by atoms with E-state index in [-0.39, 0.29) is 31.4 Å². The Labute approximate surface area is 158 Å². The van der Waals surface area contributed by atoms with Crippen LogP contribution in [0.2, 0.25) is 0 Å². The maximum Gasteiger partial charge on any atom is 0.407 e. The molecular formula is C18H25N5O4. The largest absolute Gasteiger partial charge is 0.444 e. The van der Waals surface area contributed by atoms with Gasteiger partial charge >= 0.3 is 6.09 Å². The molecule has 0 aromatic heterocycles. The number of nitrogens with zero attached hydrogens (tertiary/aromatic N) is 2. The van der Waals surface area contributed by atoms with Crippen molar-refractivity contribution in [1.29, 1.82) is 0 Å². The average molecular weight is 375 g/mol. The van der Waals surface area contributed by atoms with E-state index in [9.17, 15) is 14.4 Å². The summed E-state index contributed by atoms with van der Waals surface area (Å²) in [5.41, 5.74) is 3.83. The van der Waals surface area contributed by atoms with Crippen molar-refractivity contribution in [3.63, 3.8) is 0 Å². The van der Waals surface area contributed by atoms with Crippen LogP contribution in [0.25, 0.3) is 0 Å². The Kier molecular flexibility index (Phi) is 6.38. The van der Waals surface area contributed by atoms with Crippen molar-refractivity contribution in [2.24, 2.45) is 4.99 Å². The molecule has 1 aromatic carbocycles. The number of amidine groups is 1. The SMILES string of the molecule is Cc1ccc(N2NC(C(=O)NCCNC(=O)OC(C)(C)C)=NCC2=O)cc1. The highest BCUT2D eigenvalue weighted by atomic mass is 16.6. The third-order valence-electron chi connectivity index (χ3n) is 3.43. The van der Waals surface area contributed by atoms with Crippen LogP contribution in [0.3, 0.4) is 0 Å². The van der Waals surface area contributed by atoms with Crippen LogP contribution in [-0.2, 0) is 14.3 Å². The minimum atomic E-state index is -0.583. The van der Waals surface area contributed by atoms with E-state index in [0.717, 1.165) is 5.56 Å². The fraction of sp³-hybridized carbons (Fsp3) is 0.444. The highest BCUT2D eigenvalue weighted by molar-refractivity contribution is 6.39. The first-order valence-corrected chi connectivity index (χ1v) is 8.61. The number of alkyl carbamates (subject to hydrolysis) is 1. The van der Waals surface area contributed by atoms with E-state index >= 15 is 0 Å². The first-order valence-electron chi connectivity index (χ1n) is 8.61. The molecule has 1 aliphatic rings. The maximum atomic E-state index is 12.2. The number of aliphatic imine (C=N–C) groups is 1. The second-order valence-corrected chi connectivity index (χ2v) is 7.03. The van der Waals surface area contributed by atoms with Crippen molar-refractivity contribution < 1.29 is 19.1 Å². The van der Waals surface area contributed by atoms with E-state index in [4.69, 9.17) is 4.74 Å². The van der Waals surface area contributed by atoms with Gasteiger partial charge in [-0.15, -0.1) is 0 Å². The van der Waals surface area contributed by atoms with Crippen LogP contribution in [0.15, 0.2) is 29.3 Å². The number of benzene rings is 1. The molecule has 3 amide bonds. The number of carbonyl (C=O) groups is 3.